The Labute approximate surface area is 121 Å². The van der Waals surface area contributed by atoms with Gasteiger partial charge in [0.2, 0.25) is 0 Å². The Hall–Kier alpha value is -1.78. The standard InChI is InChI=1S/C15H25N5/c1-11(2)9-20-13(5)6-15(18-20)16-7-14-8-17-19(10-14)12(3)4/h6,8,10-12H,7,9H2,1-5H3,(H,16,18). The van der Waals surface area contributed by atoms with Crippen LogP contribution in [0.3, 0.4) is 0 Å². The highest BCUT2D eigenvalue weighted by molar-refractivity contribution is 5.36. The van der Waals surface area contributed by atoms with Crippen molar-refractivity contribution in [2.75, 3.05) is 5.32 Å². The van der Waals surface area contributed by atoms with Crippen LogP contribution < -0.4 is 5.32 Å². The fraction of sp³-hybridized carbons (Fsp3) is 0.600. The lowest BCUT2D eigenvalue weighted by atomic mass is 10.2. The maximum absolute atomic E-state index is 4.59. The average molecular weight is 275 g/mol. The Kier molecular flexibility index (Phi) is 4.47. The van der Waals surface area contributed by atoms with Crippen molar-refractivity contribution in [2.24, 2.45) is 5.92 Å². The summed E-state index contributed by atoms with van der Waals surface area (Å²) >= 11 is 0. The molecular weight excluding hydrogens is 250 g/mol. The van der Waals surface area contributed by atoms with Crippen LogP contribution in [0.15, 0.2) is 18.5 Å². The van der Waals surface area contributed by atoms with Gasteiger partial charge < -0.3 is 5.32 Å². The first-order chi connectivity index (χ1) is 9.45. The van der Waals surface area contributed by atoms with E-state index in [4.69, 9.17) is 0 Å². The van der Waals surface area contributed by atoms with E-state index in [1.807, 2.05) is 10.9 Å². The molecule has 5 nitrogen and oxygen atoms in total. The number of nitrogens with one attached hydrogen (secondary N) is 1. The van der Waals surface area contributed by atoms with Crippen molar-refractivity contribution in [1.29, 1.82) is 0 Å². The Balaban J connectivity index is 1.96. The van der Waals surface area contributed by atoms with Crippen molar-refractivity contribution >= 4 is 5.82 Å². The lowest BCUT2D eigenvalue weighted by Crippen LogP contribution is -2.08. The number of aromatic nitrogens is 4. The molecule has 0 atom stereocenters. The van der Waals surface area contributed by atoms with Gasteiger partial charge in [-0.2, -0.15) is 10.2 Å². The van der Waals surface area contributed by atoms with Gasteiger partial charge in [0.15, 0.2) is 0 Å². The summed E-state index contributed by atoms with van der Waals surface area (Å²) in [6.45, 7) is 12.5. The molecule has 0 aromatic carbocycles. The van der Waals surface area contributed by atoms with Gasteiger partial charge in [-0.3, -0.25) is 9.36 Å². The van der Waals surface area contributed by atoms with Crippen LogP contribution in [0.4, 0.5) is 5.82 Å². The molecule has 2 aromatic heterocycles. The van der Waals surface area contributed by atoms with Gasteiger partial charge in [0.25, 0.3) is 0 Å². The maximum Gasteiger partial charge on any atom is 0.148 e. The minimum absolute atomic E-state index is 0.399. The van der Waals surface area contributed by atoms with Crippen LogP contribution in [0.1, 0.15) is 45.0 Å². The Morgan fingerprint density at radius 1 is 1.25 bits per heavy atom. The van der Waals surface area contributed by atoms with Crippen molar-refractivity contribution in [3.63, 3.8) is 0 Å². The molecular formula is C15H25N5. The van der Waals surface area contributed by atoms with Gasteiger partial charge in [0.1, 0.15) is 5.82 Å². The van der Waals surface area contributed by atoms with Gasteiger partial charge in [-0.1, -0.05) is 13.8 Å². The lowest BCUT2D eigenvalue weighted by Gasteiger charge is -2.06. The predicted octanol–water partition coefficient (Wildman–Crippen LogP) is 3.24. The van der Waals surface area contributed by atoms with Crippen LogP contribution in [0.2, 0.25) is 0 Å². The molecule has 5 heteroatoms. The molecule has 2 aromatic rings. The largest absolute Gasteiger partial charge is 0.364 e. The molecule has 0 fully saturated rings. The van der Waals surface area contributed by atoms with Gasteiger partial charge in [0.05, 0.1) is 6.20 Å². The molecule has 110 valence electrons. The molecule has 0 saturated carbocycles. The number of nitrogens with zero attached hydrogens (tertiary/aromatic N) is 4. The summed E-state index contributed by atoms with van der Waals surface area (Å²) < 4.78 is 4.03. The first kappa shape index (κ1) is 14.6. The molecule has 2 rings (SSSR count). The van der Waals surface area contributed by atoms with E-state index < -0.39 is 0 Å². The SMILES string of the molecule is Cc1cc(NCc2cnn(C(C)C)c2)nn1CC(C)C. The first-order valence-electron chi connectivity index (χ1n) is 7.27. The molecule has 0 aliphatic rings. The fourth-order valence-electron chi connectivity index (χ4n) is 2.07. The smallest absolute Gasteiger partial charge is 0.148 e. The van der Waals surface area contributed by atoms with Gasteiger partial charge in [0, 0.05) is 42.7 Å². The zero-order chi connectivity index (χ0) is 14.7. The molecule has 0 amide bonds. The molecule has 20 heavy (non-hydrogen) atoms. The van der Waals surface area contributed by atoms with E-state index in [1.165, 1.54) is 11.3 Å². The molecule has 0 radical (unpaired) electrons. The minimum atomic E-state index is 0.399. The van der Waals surface area contributed by atoms with Crippen LogP contribution in [-0.4, -0.2) is 19.6 Å². The van der Waals surface area contributed by atoms with Crippen LogP contribution in [0, 0.1) is 12.8 Å². The third-order valence-corrected chi connectivity index (χ3v) is 3.18. The number of aryl methyl sites for hydroxylation is 1. The molecule has 2 heterocycles. The summed E-state index contributed by atoms with van der Waals surface area (Å²) in [5.41, 5.74) is 2.37. The summed E-state index contributed by atoms with van der Waals surface area (Å²) in [5.74, 6) is 1.53. The van der Waals surface area contributed by atoms with E-state index >= 15 is 0 Å². The second-order valence-electron chi connectivity index (χ2n) is 6.02. The predicted molar refractivity (Wildman–Crippen MR) is 81.7 cm³/mol. The number of anilines is 1. The van der Waals surface area contributed by atoms with Crippen LogP contribution >= 0.6 is 0 Å². The monoisotopic (exact) mass is 275 g/mol. The van der Waals surface area contributed by atoms with Crippen molar-refractivity contribution in [3.8, 4) is 0 Å². The maximum atomic E-state index is 4.59. The first-order valence-corrected chi connectivity index (χ1v) is 7.27. The topological polar surface area (TPSA) is 47.7 Å². The molecule has 0 spiro atoms. The molecule has 0 bridgehead atoms. The summed E-state index contributed by atoms with van der Waals surface area (Å²) in [5, 5.41) is 12.3. The Morgan fingerprint density at radius 3 is 2.60 bits per heavy atom. The van der Waals surface area contributed by atoms with Crippen molar-refractivity contribution in [1.82, 2.24) is 19.6 Å². The highest BCUT2D eigenvalue weighted by atomic mass is 15.3. The third kappa shape index (κ3) is 3.62. The Bertz CT molecular complexity index is 550. The quantitative estimate of drug-likeness (QED) is 0.880. The normalized spacial score (nSPS) is 11.6. The Morgan fingerprint density at radius 2 is 2.00 bits per heavy atom. The van der Waals surface area contributed by atoms with E-state index in [0.717, 1.165) is 18.9 Å². The van der Waals surface area contributed by atoms with E-state index in [9.17, 15) is 0 Å². The number of hydrogen-bond acceptors (Lipinski definition) is 3. The fourth-order valence-corrected chi connectivity index (χ4v) is 2.07. The van der Waals surface area contributed by atoms with Crippen molar-refractivity contribution in [3.05, 3.63) is 29.7 Å². The number of rotatable bonds is 6. The second kappa shape index (κ2) is 6.11. The van der Waals surface area contributed by atoms with E-state index in [-0.39, 0.29) is 0 Å². The van der Waals surface area contributed by atoms with Gasteiger partial charge >= 0.3 is 0 Å². The molecule has 0 aliphatic heterocycles. The summed E-state index contributed by atoms with van der Waals surface area (Å²) in [7, 11) is 0. The highest BCUT2D eigenvalue weighted by Gasteiger charge is 2.06. The molecule has 0 unspecified atom stereocenters. The molecule has 0 saturated heterocycles. The van der Waals surface area contributed by atoms with E-state index in [0.29, 0.717) is 12.0 Å². The molecule has 0 aliphatic carbocycles. The highest BCUT2D eigenvalue weighted by Crippen LogP contribution is 2.12. The van der Waals surface area contributed by atoms with E-state index in [1.54, 1.807) is 0 Å². The second-order valence-corrected chi connectivity index (χ2v) is 6.02. The van der Waals surface area contributed by atoms with Gasteiger partial charge in [-0.25, -0.2) is 0 Å². The van der Waals surface area contributed by atoms with Crippen LogP contribution in [0.25, 0.3) is 0 Å². The number of hydrogen-bond donors (Lipinski definition) is 1. The van der Waals surface area contributed by atoms with Gasteiger partial charge in [-0.05, 0) is 26.7 Å². The van der Waals surface area contributed by atoms with Crippen LogP contribution in [-0.2, 0) is 13.1 Å². The minimum Gasteiger partial charge on any atom is -0.364 e. The van der Waals surface area contributed by atoms with Crippen molar-refractivity contribution < 1.29 is 0 Å². The lowest BCUT2D eigenvalue weighted by molar-refractivity contribution is 0.475. The zero-order valence-electron chi connectivity index (χ0n) is 13.1. The summed E-state index contributed by atoms with van der Waals surface area (Å²) in [4.78, 5) is 0. The van der Waals surface area contributed by atoms with E-state index in [2.05, 4.69) is 67.1 Å². The van der Waals surface area contributed by atoms with Gasteiger partial charge in [-0.15, -0.1) is 0 Å². The summed E-state index contributed by atoms with van der Waals surface area (Å²) in [6, 6.07) is 2.49. The van der Waals surface area contributed by atoms with Crippen LogP contribution in [0.5, 0.6) is 0 Å². The third-order valence-electron chi connectivity index (χ3n) is 3.18. The molecule has 1 N–H and O–H groups in total. The van der Waals surface area contributed by atoms with Crippen molar-refractivity contribution in [2.45, 2.75) is 53.8 Å². The summed E-state index contributed by atoms with van der Waals surface area (Å²) in [6.07, 6.45) is 3.99. The average Bonchev–Trinajstić information content (AvgIpc) is 2.94. The zero-order valence-corrected chi connectivity index (χ0v) is 13.1.